The predicted octanol–water partition coefficient (Wildman–Crippen LogP) is 3.30. The number of carbonyl (C=O) groups excluding carboxylic acids is 2. The van der Waals surface area contributed by atoms with E-state index in [9.17, 15) is 9.59 Å². The molecule has 0 saturated carbocycles. The summed E-state index contributed by atoms with van der Waals surface area (Å²) in [5.74, 6) is 0.0404. The minimum Gasteiger partial charge on any atom is -0.369 e. The van der Waals surface area contributed by atoms with E-state index in [1.165, 1.54) is 0 Å². The molecular formula is C20H22ClN3O2. The Morgan fingerprint density at radius 1 is 1.04 bits per heavy atom. The largest absolute Gasteiger partial charge is 0.369 e. The van der Waals surface area contributed by atoms with E-state index < -0.39 is 0 Å². The summed E-state index contributed by atoms with van der Waals surface area (Å²) in [6, 6.07) is 14.9. The number of amides is 1. The Bertz CT molecular complexity index is 784. The first kappa shape index (κ1) is 18.4. The van der Waals surface area contributed by atoms with Crippen LogP contribution in [-0.4, -0.2) is 49.3 Å². The number of anilines is 2. The van der Waals surface area contributed by atoms with Crippen molar-refractivity contribution < 1.29 is 9.59 Å². The van der Waals surface area contributed by atoms with E-state index in [0.717, 1.165) is 37.4 Å². The fourth-order valence-electron chi connectivity index (χ4n) is 3.04. The molecule has 1 aliphatic heterocycles. The molecule has 3 rings (SSSR count). The van der Waals surface area contributed by atoms with E-state index in [2.05, 4.69) is 15.1 Å². The quantitative estimate of drug-likeness (QED) is 0.819. The molecule has 2 aromatic rings. The molecule has 0 radical (unpaired) electrons. The lowest BCUT2D eigenvalue weighted by Crippen LogP contribution is -2.48. The Kier molecular flexibility index (Phi) is 5.91. The van der Waals surface area contributed by atoms with E-state index in [1.54, 1.807) is 19.1 Å². The summed E-state index contributed by atoms with van der Waals surface area (Å²) < 4.78 is 0. The third kappa shape index (κ3) is 4.84. The molecule has 0 aliphatic carbocycles. The van der Waals surface area contributed by atoms with Crippen molar-refractivity contribution in [2.75, 3.05) is 42.9 Å². The highest BCUT2D eigenvalue weighted by Gasteiger charge is 2.19. The van der Waals surface area contributed by atoms with Gasteiger partial charge in [-0.3, -0.25) is 14.5 Å². The zero-order valence-corrected chi connectivity index (χ0v) is 15.5. The van der Waals surface area contributed by atoms with Crippen molar-refractivity contribution in [1.82, 2.24) is 4.90 Å². The zero-order chi connectivity index (χ0) is 18.5. The fraction of sp³-hybridized carbons (Fsp3) is 0.300. The highest BCUT2D eigenvalue weighted by atomic mass is 35.5. The summed E-state index contributed by atoms with van der Waals surface area (Å²) in [5, 5.41) is 3.48. The van der Waals surface area contributed by atoms with Crippen molar-refractivity contribution in [3.8, 4) is 0 Å². The lowest BCUT2D eigenvalue weighted by Gasteiger charge is -2.35. The molecule has 136 valence electrons. The topological polar surface area (TPSA) is 52.7 Å². The maximum absolute atomic E-state index is 12.2. The van der Waals surface area contributed by atoms with E-state index >= 15 is 0 Å². The monoisotopic (exact) mass is 371 g/mol. The summed E-state index contributed by atoms with van der Waals surface area (Å²) in [7, 11) is 0. The van der Waals surface area contributed by atoms with Gasteiger partial charge in [0.1, 0.15) is 0 Å². The summed E-state index contributed by atoms with van der Waals surface area (Å²) in [6.07, 6.45) is 0. The normalized spacial score (nSPS) is 14.9. The lowest BCUT2D eigenvalue weighted by atomic mass is 10.1. The molecule has 1 saturated heterocycles. The smallest absolute Gasteiger partial charge is 0.238 e. The van der Waals surface area contributed by atoms with Crippen LogP contribution in [0.15, 0.2) is 48.5 Å². The fourth-order valence-corrected chi connectivity index (χ4v) is 3.23. The number of halogens is 1. The molecule has 2 aromatic carbocycles. The first-order valence-electron chi connectivity index (χ1n) is 8.65. The second-order valence-corrected chi connectivity index (χ2v) is 6.86. The van der Waals surface area contributed by atoms with E-state index in [1.807, 2.05) is 36.4 Å². The van der Waals surface area contributed by atoms with Crippen LogP contribution in [0.1, 0.15) is 17.3 Å². The standard InChI is InChI=1S/C20H22ClN3O2/c1-15(25)16-5-7-19(8-6-16)24-11-9-23(10-12-24)14-20(26)22-18-4-2-3-17(21)13-18/h2-8,13H,9-12,14H2,1H3,(H,22,26). The summed E-state index contributed by atoms with van der Waals surface area (Å²) in [6.45, 7) is 5.27. The minimum atomic E-state index is -0.0356. The maximum Gasteiger partial charge on any atom is 0.238 e. The van der Waals surface area contributed by atoms with Crippen LogP contribution in [-0.2, 0) is 4.79 Å². The molecule has 1 fully saturated rings. The Labute approximate surface area is 158 Å². The van der Waals surface area contributed by atoms with Gasteiger partial charge in [-0.05, 0) is 49.4 Å². The van der Waals surface area contributed by atoms with Crippen LogP contribution in [0.2, 0.25) is 5.02 Å². The number of hydrogen-bond acceptors (Lipinski definition) is 4. The van der Waals surface area contributed by atoms with Gasteiger partial charge in [-0.1, -0.05) is 17.7 Å². The number of piperazine rings is 1. The van der Waals surface area contributed by atoms with Crippen molar-refractivity contribution in [2.45, 2.75) is 6.92 Å². The van der Waals surface area contributed by atoms with E-state index in [-0.39, 0.29) is 11.7 Å². The number of Topliss-reactive ketones (excluding diaryl/α,β-unsaturated/α-hetero) is 1. The number of rotatable bonds is 5. The maximum atomic E-state index is 12.2. The van der Waals surface area contributed by atoms with Crippen LogP contribution in [0.4, 0.5) is 11.4 Å². The van der Waals surface area contributed by atoms with Gasteiger partial charge >= 0.3 is 0 Å². The molecule has 0 unspecified atom stereocenters. The third-order valence-electron chi connectivity index (χ3n) is 4.49. The van der Waals surface area contributed by atoms with Crippen LogP contribution in [0, 0.1) is 0 Å². The average molecular weight is 372 g/mol. The average Bonchev–Trinajstić information content (AvgIpc) is 2.62. The highest BCUT2D eigenvalue weighted by molar-refractivity contribution is 6.30. The third-order valence-corrected chi connectivity index (χ3v) is 4.72. The van der Waals surface area contributed by atoms with Gasteiger partial charge in [0.2, 0.25) is 5.91 Å². The first-order valence-corrected chi connectivity index (χ1v) is 9.03. The second-order valence-electron chi connectivity index (χ2n) is 6.42. The summed E-state index contributed by atoms with van der Waals surface area (Å²) in [5.41, 5.74) is 2.55. The van der Waals surface area contributed by atoms with Gasteiger partial charge in [0.25, 0.3) is 0 Å². The van der Waals surface area contributed by atoms with Crippen molar-refractivity contribution in [2.24, 2.45) is 0 Å². The molecule has 26 heavy (non-hydrogen) atoms. The van der Waals surface area contributed by atoms with Gasteiger partial charge in [0.15, 0.2) is 5.78 Å². The summed E-state index contributed by atoms with van der Waals surface area (Å²) in [4.78, 5) is 28.0. The molecule has 0 aromatic heterocycles. The molecule has 5 nitrogen and oxygen atoms in total. The van der Waals surface area contributed by atoms with Crippen molar-refractivity contribution in [3.05, 3.63) is 59.1 Å². The molecular weight excluding hydrogens is 350 g/mol. The molecule has 0 atom stereocenters. The number of nitrogens with one attached hydrogen (secondary N) is 1. The molecule has 1 heterocycles. The van der Waals surface area contributed by atoms with Gasteiger partial charge in [-0.15, -0.1) is 0 Å². The van der Waals surface area contributed by atoms with Gasteiger partial charge in [0.05, 0.1) is 6.54 Å². The SMILES string of the molecule is CC(=O)c1ccc(N2CCN(CC(=O)Nc3cccc(Cl)c3)CC2)cc1. The van der Waals surface area contributed by atoms with E-state index in [0.29, 0.717) is 17.3 Å². The minimum absolute atomic E-state index is 0.0356. The molecule has 0 spiro atoms. The number of carbonyl (C=O) groups is 2. The Morgan fingerprint density at radius 2 is 1.73 bits per heavy atom. The zero-order valence-electron chi connectivity index (χ0n) is 14.7. The van der Waals surface area contributed by atoms with Crippen molar-refractivity contribution in [3.63, 3.8) is 0 Å². The van der Waals surface area contributed by atoms with Gasteiger partial charge in [0, 0.05) is 48.1 Å². The number of benzene rings is 2. The Balaban J connectivity index is 1.49. The van der Waals surface area contributed by atoms with Gasteiger partial charge < -0.3 is 10.2 Å². The highest BCUT2D eigenvalue weighted by Crippen LogP contribution is 2.18. The molecule has 6 heteroatoms. The van der Waals surface area contributed by atoms with Gasteiger partial charge in [-0.2, -0.15) is 0 Å². The van der Waals surface area contributed by atoms with Crippen molar-refractivity contribution in [1.29, 1.82) is 0 Å². The second kappa shape index (κ2) is 8.34. The Hall–Kier alpha value is -2.37. The van der Waals surface area contributed by atoms with Crippen LogP contribution >= 0.6 is 11.6 Å². The van der Waals surface area contributed by atoms with Crippen LogP contribution in [0.3, 0.4) is 0 Å². The lowest BCUT2D eigenvalue weighted by molar-refractivity contribution is -0.117. The van der Waals surface area contributed by atoms with E-state index in [4.69, 9.17) is 11.6 Å². The molecule has 1 amide bonds. The number of nitrogens with zero attached hydrogens (tertiary/aromatic N) is 2. The summed E-state index contributed by atoms with van der Waals surface area (Å²) >= 11 is 5.94. The number of ketones is 1. The molecule has 0 bridgehead atoms. The van der Waals surface area contributed by atoms with Crippen LogP contribution < -0.4 is 10.2 Å². The predicted molar refractivity (Wildman–Crippen MR) is 105 cm³/mol. The van der Waals surface area contributed by atoms with Crippen LogP contribution in [0.25, 0.3) is 0 Å². The van der Waals surface area contributed by atoms with Gasteiger partial charge in [-0.25, -0.2) is 0 Å². The first-order chi connectivity index (χ1) is 12.5. The number of hydrogen-bond donors (Lipinski definition) is 1. The molecule has 1 N–H and O–H groups in total. The van der Waals surface area contributed by atoms with Crippen LogP contribution in [0.5, 0.6) is 0 Å². The molecule has 1 aliphatic rings. The van der Waals surface area contributed by atoms with Crippen molar-refractivity contribution >= 4 is 34.7 Å². The Morgan fingerprint density at radius 3 is 2.35 bits per heavy atom.